The number of carbonyl (C=O) groups is 3. The average Bonchev–Trinajstić information content (AvgIpc) is 3.32. The van der Waals surface area contributed by atoms with Crippen molar-refractivity contribution in [2.24, 2.45) is 5.10 Å². The molecule has 0 aromatic rings. The smallest absolute Gasteiger partial charge is 0.270 e. The van der Waals surface area contributed by atoms with E-state index >= 15 is 0 Å². The SMILES string of the molecule is O=C1CCC(C(=O)N2CCN(CC(=O)NC3CC3)CC2)=NN1. The molecule has 2 aliphatic heterocycles. The average molecular weight is 307 g/mol. The lowest BCUT2D eigenvalue weighted by molar-refractivity contribution is -0.127. The maximum absolute atomic E-state index is 12.3. The Morgan fingerprint density at radius 2 is 1.91 bits per heavy atom. The van der Waals surface area contributed by atoms with Crippen molar-refractivity contribution in [3.63, 3.8) is 0 Å². The maximum Gasteiger partial charge on any atom is 0.270 e. The molecule has 8 nitrogen and oxygen atoms in total. The third kappa shape index (κ3) is 3.82. The second-order valence-electron chi connectivity index (χ2n) is 6.00. The summed E-state index contributed by atoms with van der Waals surface area (Å²) in [5, 5.41) is 6.81. The highest BCUT2D eigenvalue weighted by Crippen LogP contribution is 2.18. The van der Waals surface area contributed by atoms with Gasteiger partial charge >= 0.3 is 0 Å². The van der Waals surface area contributed by atoms with Gasteiger partial charge in [0.15, 0.2) is 0 Å². The molecule has 0 aromatic carbocycles. The molecule has 1 saturated heterocycles. The Morgan fingerprint density at radius 3 is 2.50 bits per heavy atom. The minimum absolute atomic E-state index is 0.0710. The first-order valence-corrected chi connectivity index (χ1v) is 7.78. The zero-order valence-corrected chi connectivity index (χ0v) is 12.5. The largest absolute Gasteiger partial charge is 0.352 e. The highest BCUT2D eigenvalue weighted by molar-refractivity contribution is 6.39. The molecule has 2 heterocycles. The van der Waals surface area contributed by atoms with Crippen LogP contribution in [-0.2, 0) is 14.4 Å². The van der Waals surface area contributed by atoms with E-state index in [4.69, 9.17) is 0 Å². The maximum atomic E-state index is 12.3. The summed E-state index contributed by atoms with van der Waals surface area (Å²) in [5.41, 5.74) is 2.77. The minimum atomic E-state index is -0.150. The van der Waals surface area contributed by atoms with E-state index in [9.17, 15) is 14.4 Å². The zero-order valence-electron chi connectivity index (χ0n) is 12.5. The first-order valence-electron chi connectivity index (χ1n) is 7.78. The molecule has 3 aliphatic rings. The highest BCUT2D eigenvalue weighted by Gasteiger charge is 2.28. The van der Waals surface area contributed by atoms with Crippen LogP contribution >= 0.6 is 0 Å². The lowest BCUT2D eigenvalue weighted by Gasteiger charge is -2.34. The number of carbonyl (C=O) groups excluding carboxylic acids is 3. The van der Waals surface area contributed by atoms with Gasteiger partial charge in [-0.3, -0.25) is 19.3 Å². The van der Waals surface area contributed by atoms with Gasteiger partial charge in [-0.1, -0.05) is 0 Å². The van der Waals surface area contributed by atoms with Crippen LogP contribution in [0.3, 0.4) is 0 Å². The van der Waals surface area contributed by atoms with E-state index in [2.05, 4.69) is 20.7 Å². The van der Waals surface area contributed by atoms with Crippen LogP contribution in [0, 0.1) is 0 Å². The van der Waals surface area contributed by atoms with Crippen LogP contribution in [0.4, 0.5) is 0 Å². The van der Waals surface area contributed by atoms with Gasteiger partial charge in [-0.2, -0.15) is 5.10 Å². The summed E-state index contributed by atoms with van der Waals surface area (Å²) >= 11 is 0. The van der Waals surface area contributed by atoms with Crippen molar-refractivity contribution < 1.29 is 14.4 Å². The van der Waals surface area contributed by atoms with Gasteiger partial charge in [0.2, 0.25) is 11.8 Å². The molecule has 3 rings (SSSR count). The zero-order chi connectivity index (χ0) is 15.5. The second-order valence-corrected chi connectivity index (χ2v) is 6.00. The topological polar surface area (TPSA) is 94.1 Å². The molecule has 0 aromatic heterocycles. The van der Waals surface area contributed by atoms with E-state index in [0.717, 1.165) is 12.8 Å². The Labute approximate surface area is 128 Å². The van der Waals surface area contributed by atoms with Crippen LogP contribution in [0.2, 0.25) is 0 Å². The van der Waals surface area contributed by atoms with Crippen molar-refractivity contribution in [2.75, 3.05) is 32.7 Å². The Kier molecular flexibility index (Phi) is 4.37. The monoisotopic (exact) mass is 307 g/mol. The number of nitrogens with one attached hydrogen (secondary N) is 2. The number of nitrogens with zero attached hydrogens (tertiary/aromatic N) is 3. The van der Waals surface area contributed by atoms with E-state index in [0.29, 0.717) is 57.3 Å². The minimum Gasteiger partial charge on any atom is -0.352 e. The van der Waals surface area contributed by atoms with E-state index in [1.165, 1.54) is 0 Å². The molecular weight excluding hydrogens is 286 g/mol. The van der Waals surface area contributed by atoms with Crippen LogP contribution in [0.1, 0.15) is 25.7 Å². The Bertz CT molecular complexity index is 507. The first-order chi connectivity index (χ1) is 10.6. The predicted octanol–water partition coefficient (Wildman–Crippen LogP) is -1.32. The fraction of sp³-hybridized carbons (Fsp3) is 0.714. The summed E-state index contributed by atoms with van der Waals surface area (Å²) in [6, 6.07) is 0.384. The molecule has 0 bridgehead atoms. The van der Waals surface area contributed by atoms with Crippen LogP contribution < -0.4 is 10.7 Å². The molecule has 1 aliphatic carbocycles. The number of amides is 3. The van der Waals surface area contributed by atoms with Crippen LogP contribution in [0.15, 0.2) is 5.10 Å². The summed E-state index contributed by atoms with van der Waals surface area (Å²) < 4.78 is 0. The van der Waals surface area contributed by atoms with E-state index < -0.39 is 0 Å². The summed E-state index contributed by atoms with van der Waals surface area (Å²) in [5.74, 6) is -0.188. The Balaban J connectivity index is 1.43. The van der Waals surface area contributed by atoms with Gasteiger partial charge < -0.3 is 10.2 Å². The molecule has 8 heteroatoms. The van der Waals surface area contributed by atoms with Crippen molar-refractivity contribution in [2.45, 2.75) is 31.7 Å². The number of hydrazone groups is 1. The standard InChI is InChI=1S/C14H21N5O3/c20-12-4-3-11(16-17-12)14(22)19-7-5-18(6-8-19)9-13(21)15-10-1-2-10/h10H,1-9H2,(H,15,21)(H,17,20). The van der Waals surface area contributed by atoms with Gasteiger partial charge in [0, 0.05) is 45.1 Å². The van der Waals surface area contributed by atoms with Crippen molar-refractivity contribution in [1.82, 2.24) is 20.5 Å². The number of rotatable bonds is 4. The molecule has 2 N–H and O–H groups in total. The predicted molar refractivity (Wildman–Crippen MR) is 79.0 cm³/mol. The second kappa shape index (κ2) is 6.43. The third-order valence-electron chi connectivity index (χ3n) is 4.12. The molecule has 0 unspecified atom stereocenters. The Hall–Kier alpha value is -1.96. The molecule has 0 spiro atoms. The van der Waals surface area contributed by atoms with Gasteiger partial charge in [-0.05, 0) is 12.8 Å². The van der Waals surface area contributed by atoms with Gasteiger partial charge in [-0.15, -0.1) is 0 Å². The first kappa shape index (κ1) is 15.0. The third-order valence-corrected chi connectivity index (χ3v) is 4.12. The number of hydrogen-bond acceptors (Lipinski definition) is 5. The number of piperazine rings is 1. The van der Waals surface area contributed by atoms with E-state index in [1.54, 1.807) is 4.90 Å². The quantitative estimate of drug-likeness (QED) is 0.673. The van der Waals surface area contributed by atoms with Crippen molar-refractivity contribution in [3.05, 3.63) is 0 Å². The van der Waals surface area contributed by atoms with E-state index in [1.807, 2.05) is 0 Å². The van der Waals surface area contributed by atoms with Crippen LogP contribution in [0.25, 0.3) is 0 Å². The molecular formula is C14H21N5O3. The van der Waals surface area contributed by atoms with Gasteiger partial charge in [-0.25, -0.2) is 5.43 Å². The Morgan fingerprint density at radius 1 is 1.18 bits per heavy atom. The molecule has 120 valence electrons. The molecule has 0 atom stereocenters. The highest BCUT2D eigenvalue weighted by atomic mass is 16.2. The fourth-order valence-electron chi connectivity index (χ4n) is 2.62. The number of hydrogen-bond donors (Lipinski definition) is 2. The summed E-state index contributed by atoms with van der Waals surface area (Å²) in [4.78, 5) is 38.9. The van der Waals surface area contributed by atoms with E-state index in [-0.39, 0.29) is 17.7 Å². The van der Waals surface area contributed by atoms with Crippen LogP contribution in [-0.4, -0.2) is 72.0 Å². The summed E-state index contributed by atoms with van der Waals surface area (Å²) in [7, 11) is 0. The summed E-state index contributed by atoms with van der Waals surface area (Å²) in [6.07, 6.45) is 2.89. The van der Waals surface area contributed by atoms with Crippen molar-refractivity contribution in [1.29, 1.82) is 0 Å². The molecule has 0 radical (unpaired) electrons. The fourth-order valence-corrected chi connectivity index (χ4v) is 2.62. The molecule has 2 fully saturated rings. The van der Waals surface area contributed by atoms with Gasteiger partial charge in [0.05, 0.1) is 6.54 Å². The van der Waals surface area contributed by atoms with Crippen LogP contribution in [0.5, 0.6) is 0 Å². The van der Waals surface area contributed by atoms with Crippen molar-refractivity contribution in [3.8, 4) is 0 Å². The molecule has 22 heavy (non-hydrogen) atoms. The normalized spacial score (nSPS) is 22.8. The lowest BCUT2D eigenvalue weighted by Crippen LogP contribution is -2.53. The van der Waals surface area contributed by atoms with Crippen molar-refractivity contribution >= 4 is 23.4 Å². The van der Waals surface area contributed by atoms with Gasteiger partial charge in [0.1, 0.15) is 5.71 Å². The summed E-state index contributed by atoms with van der Waals surface area (Å²) in [6.45, 7) is 2.94. The lowest BCUT2D eigenvalue weighted by atomic mass is 10.1. The van der Waals surface area contributed by atoms with Gasteiger partial charge in [0.25, 0.3) is 5.91 Å². The molecule has 1 saturated carbocycles. The molecule has 3 amide bonds.